The lowest BCUT2D eigenvalue weighted by Gasteiger charge is -2.09. The van der Waals surface area contributed by atoms with Crippen LogP contribution in [0.3, 0.4) is 0 Å². The van der Waals surface area contributed by atoms with Gasteiger partial charge in [0.1, 0.15) is 0 Å². The van der Waals surface area contributed by atoms with Gasteiger partial charge in [-0.2, -0.15) is 0 Å². The predicted molar refractivity (Wildman–Crippen MR) is 181 cm³/mol. The predicted octanol–water partition coefficient (Wildman–Crippen LogP) is 11.5. The molecule has 43 heavy (non-hydrogen) atoms. The van der Waals surface area contributed by atoms with E-state index in [1.807, 2.05) is 0 Å². The lowest BCUT2D eigenvalue weighted by atomic mass is 9.96. The van der Waals surface area contributed by atoms with Crippen molar-refractivity contribution in [2.45, 2.75) is 0 Å². The summed E-state index contributed by atoms with van der Waals surface area (Å²) in [5.41, 5.74) is 16.7. The van der Waals surface area contributed by atoms with Gasteiger partial charge in [0.2, 0.25) is 0 Å². The maximum Gasteiger partial charge on any atom is 0.0501 e. The first kappa shape index (κ1) is 25.3. The first-order chi connectivity index (χ1) is 21.2. The molecule has 11 aliphatic carbocycles. The van der Waals surface area contributed by atoms with Crippen molar-refractivity contribution in [1.29, 1.82) is 0 Å². The minimum Gasteiger partial charge on any atom is -0.0574 e. The fraction of sp³-hybridized carbons (Fsp3) is 0. The van der Waals surface area contributed by atoms with Gasteiger partial charge in [-0.15, -0.1) is 0 Å². The summed E-state index contributed by atoms with van der Waals surface area (Å²) in [5, 5.41) is 0. The number of rotatable bonds is 0. The summed E-state index contributed by atoms with van der Waals surface area (Å²) < 4.78 is 0. The molecule has 0 atom stereocenters. The normalized spacial score (nSPS) is 11.6. The van der Waals surface area contributed by atoms with Gasteiger partial charge in [-0.1, -0.05) is 170 Å². The summed E-state index contributed by atoms with van der Waals surface area (Å²) in [6.45, 7) is 0. The number of hydrogen-bond acceptors (Lipinski definition) is 0. The van der Waals surface area contributed by atoms with E-state index in [2.05, 4.69) is 176 Å². The van der Waals surface area contributed by atoms with Crippen LogP contribution in [0.2, 0.25) is 0 Å². The van der Waals surface area contributed by atoms with E-state index in [4.69, 9.17) is 0 Å². The number of benzene rings is 7. The molecule has 0 aliphatic heterocycles. The van der Waals surface area contributed by atoms with Crippen LogP contribution in [-0.4, -0.2) is 0 Å². The second-order valence-electron chi connectivity index (χ2n) is 11.2. The van der Waals surface area contributed by atoms with E-state index in [0.717, 1.165) is 11.1 Å². The molecule has 0 amide bonds. The van der Waals surface area contributed by atoms with Gasteiger partial charge in [-0.3, -0.25) is 0 Å². The maximum atomic E-state index is 3.54. The smallest absolute Gasteiger partial charge is 0.0501 e. The van der Waals surface area contributed by atoms with E-state index in [0.29, 0.717) is 0 Å². The van der Waals surface area contributed by atoms with Crippen LogP contribution in [0.4, 0.5) is 0 Å². The first-order valence-electron chi connectivity index (χ1n) is 14.7. The second kappa shape index (κ2) is 10.7. The van der Waals surface area contributed by atoms with Crippen LogP contribution < -0.4 is 0 Å². The lowest BCUT2D eigenvalue weighted by molar-refractivity contribution is 1.43. The van der Waals surface area contributed by atoms with E-state index in [1.165, 1.54) is 66.8 Å². The molecule has 7 aromatic carbocycles. The highest BCUT2D eigenvalue weighted by molar-refractivity contribution is 5.77. The Hall–Kier alpha value is -5.46. The summed E-state index contributed by atoms with van der Waals surface area (Å²) in [6.07, 6.45) is 3.54. The van der Waals surface area contributed by atoms with Gasteiger partial charge in [-0.05, 0) is 77.9 Å². The largest absolute Gasteiger partial charge is 0.0574 e. The molecule has 0 unspecified atom stereocenters. The third-order valence-corrected chi connectivity index (χ3v) is 8.48. The number of fused-ring (bicyclic) bond motifs is 1. The molecule has 0 spiro atoms. The number of hydrogen-bond donors (Lipinski definition) is 0. The molecule has 0 fully saturated rings. The molecular formula is C43H28. The zero-order valence-electron chi connectivity index (χ0n) is 23.7. The second-order valence-corrected chi connectivity index (χ2v) is 11.2. The molecule has 0 N–H and O–H groups in total. The Morgan fingerprint density at radius 2 is 0.279 bits per heavy atom. The molecule has 7 aromatic rings. The Balaban J connectivity index is 1.17. The molecule has 11 aliphatic rings. The van der Waals surface area contributed by atoms with Gasteiger partial charge in [0.15, 0.2) is 0 Å². The van der Waals surface area contributed by atoms with E-state index >= 15 is 0 Å². The van der Waals surface area contributed by atoms with Crippen LogP contribution in [0.1, 0.15) is 11.1 Å². The van der Waals surface area contributed by atoms with Crippen molar-refractivity contribution in [2.75, 3.05) is 0 Å². The van der Waals surface area contributed by atoms with E-state index in [9.17, 15) is 0 Å². The van der Waals surface area contributed by atoms with Crippen molar-refractivity contribution in [3.05, 3.63) is 187 Å². The third kappa shape index (κ3) is 5.09. The molecule has 0 saturated heterocycles. The van der Waals surface area contributed by atoms with Crippen LogP contribution >= 0.6 is 0 Å². The quantitative estimate of drug-likeness (QED) is 0.178. The Morgan fingerprint density at radius 1 is 0.163 bits per heavy atom. The van der Waals surface area contributed by atoms with Crippen LogP contribution in [0.5, 0.6) is 0 Å². The topological polar surface area (TPSA) is 0 Å². The zero-order valence-corrected chi connectivity index (χ0v) is 23.7. The van der Waals surface area contributed by atoms with Gasteiger partial charge in [0.25, 0.3) is 0 Å². The van der Waals surface area contributed by atoms with Crippen molar-refractivity contribution in [2.24, 2.45) is 0 Å². The maximum absolute atomic E-state index is 3.54. The van der Waals surface area contributed by atoms with Crippen molar-refractivity contribution >= 4 is 0 Å². The average Bonchev–Trinajstić information content (AvgIpc) is 3.09. The van der Waals surface area contributed by atoms with Crippen molar-refractivity contribution in [3.8, 4) is 66.8 Å². The molecule has 0 heteroatoms. The molecule has 0 aromatic heterocycles. The highest BCUT2D eigenvalue weighted by Gasteiger charge is 2.07. The summed E-state index contributed by atoms with van der Waals surface area (Å²) in [4.78, 5) is 0. The monoisotopic (exact) mass is 544 g/mol. The Labute approximate surface area is 253 Å². The van der Waals surface area contributed by atoms with Gasteiger partial charge in [0, 0.05) is 0 Å². The summed E-state index contributed by atoms with van der Waals surface area (Å²) in [6, 6.07) is 61.6. The van der Waals surface area contributed by atoms with Crippen molar-refractivity contribution in [1.82, 2.24) is 0 Å². The summed E-state index contributed by atoms with van der Waals surface area (Å²) in [7, 11) is 0. The zero-order chi connectivity index (χ0) is 28.6. The molecule has 0 saturated carbocycles. The van der Waals surface area contributed by atoms with E-state index < -0.39 is 0 Å². The Bertz CT molecular complexity index is 1840. The average molecular weight is 545 g/mol. The first-order valence-corrected chi connectivity index (χ1v) is 14.7. The van der Waals surface area contributed by atoms with Crippen LogP contribution in [0, 0.1) is 6.42 Å². The SMILES string of the molecule is [C]1c2ccc(cc2)-c2ccc(cc2)-c2ccc(cc2)-c2ccc(cc2)-c2ccc(cc2)-c2ccc(cc2)-c2ccc1cc2. The standard InChI is InChI=1S/C43H28/c1-5-32-6-2-30(1)29-31-3-7-33(8-4-31)35-11-15-37(16-12-35)39-19-23-41(24-20-39)43-27-25-42(26-28-43)40-21-17-38(18-22-40)36-13-9-34(32)10-14-36/h1-28H. The van der Waals surface area contributed by atoms with Crippen molar-refractivity contribution < 1.29 is 0 Å². The molecule has 14 bridgehead atoms. The van der Waals surface area contributed by atoms with Crippen LogP contribution in [0.15, 0.2) is 170 Å². The van der Waals surface area contributed by atoms with Gasteiger partial charge >= 0.3 is 0 Å². The Morgan fingerprint density at radius 3 is 0.419 bits per heavy atom. The van der Waals surface area contributed by atoms with Gasteiger partial charge in [-0.25, -0.2) is 0 Å². The van der Waals surface area contributed by atoms with Crippen LogP contribution in [0.25, 0.3) is 66.8 Å². The fourth-order valence-electron chi connectivity index (χ4n) is 5.93. The highest BCUT2D eigenvalue weighted by atomic mass is 14.1. The molecule has 0 nitrogen and oxygen atoms in total. The van der Waals surface area contributed by atoms with E-state index in [1.54, 1.807) is 0 Å². The van der Waals surface area contributed by atoms with Crippen molar-refractivity contribution in [3.63, 3.8) is 0 Å². The Kier molecular flexibility index (Phi) is 6.31. The molecule has 2 radical (unpaired) electrons. The van der Waals surface area contributed by atoms with E-state index in [-0.39, 0.29) is 0 Å². The van der Waals surface area contributed by atoms with Crippen LogP contribution in [-0.2, 0) is 0 Å². The van der Waals surface area contributed by atoms with Gasteiger partial charge < -0.3 is 0 Å². The fourth-order valence-corrected chi connectivity index (χ4v) is 5.93. The molecule has 200 valence electrons. The summed E-state index contributed by atoms with van der Waals surface area (Å²) >= 11 is 0. The highest BCUT2D eigenvalue weighted by Crippen LogP contribution is 2.31. The summed E-state index contributed by atoms with van der Waals surface area (Å²) in [5.74, 6) is 0. The molecular weight excluding hydrogens is 516 g/mol. The van der Waals surface area contributed by atoms with Gasteiger partial charge in [0.05, 0.1) is 6.42 Å². The third-order valence-electron chi connectivity index (χ3n) is 8.48. The lowest BCUT2D eigenvalue weighted by Crippen LogP contribution is -1.87. The minimum atomic E-state index is 1.07. The molecule has 0 heterocycles. The minimum absolute atomic E-state index is 1.07. The molecule has 18 rings (SSSR count).